The van der Waals surface area contributed by atoms with Gasteiger partial charge in [-0.15, -0.1) is 16.1 Å². The number of rotatable bonds is 4. The highest BCUT2D eigenvalue weighted by Gasteiger charge is 2.26. The van der Waals surface area contributed by atoms with Crippen molar-refractivity contribution in [2.45, 2.75) is 9.79 Å². The minimum atomic E-state index is -1.62. The van der Waals surface area contributed by atoms with Crippen molar-refractivity contribution in [3.63, 3.8) is 0 Å². The third-order valence-corrected chi connectivity index (χ3v) is 2.96. The fourth-order valence-corrected chi connectivity index (χ4v) is 1.85. The molecule has 0 unspecified atom stereocenters. The van der Waals surface area contributed by atoms with Gasteiger partial charge in [-0.1, -0.05) is 5.04 Å². The highest BCUT2D eigenvalue weighted by molar-refractivity contribution is 7.98. The fourth-order valence-electron chi connectivity index (χ4n) is 0.893. The molecule has 0 aliphatic heterocycles. The lowest BCUT2D eigenvalue weighted by Crippen LogP contribution is -2.01. The van der Waals surface area contributed by atoms with Gasteiger partial charge in [-0.3, -0.25) is 0 Å². The topological polar surface area (TPSA) is 38.7 Å². The molecule has 0 aliphatic rings. The summed E-state index contributed by atoms with van der Waals surface area (Å²) in [5.74, 6) is -6.30. The summed E-state index contributed by atoms with van der Waals surface area (Å²) in [4.78, 5) is -1.86. The summed E-state index contributed by atoms with van der Waals surface area (Å²) in [6, 6.07) is 0. The predicted octanol–water partition coefficient (Wildman–Crippen LogP) is 3.39. The Hall–Kier alpha value is -0.480. The first kappa shape index (κ1) is 13.6. The summed E-state index contributed by atoms with van der Waals surface area (Å²) in [5.41, 5.74) is 0. The Morgan fingerprint density at radius 3 is 1.75 bits per heavy atom. The van der Waals surface area contributed by atoms with E-state index in [0.29, 0.717) is 11.8 Å². The maximum Gasteiger partial charge on any atom is 0.179 e. The Morgan fingerprint density at radius 1 is 0.938 bits per heavy atom. The Morgan fingerprint density at radius 2 is 1.38 bits per heavy atom. The van der Waals surface area contributed by atoms with Crippen LogP contribution in [0.3, 0.4) is 0 Å². The van der Waals surface area contributed by atoms with Crippen LogP contribution in [-0.4, -0.2) is 11.5 Å². The molecular formula is C7H4F4O3S2. The van der Waals surface area contributed by atoms with Crippen molar-refractivity contribution in [1.29, 1.82) is 0 Å². The van der Waals surface area contributed by atoms with Crippen molar-refractivity contribution in [3.8, 4) is 0 Å². The Bertz CT molecular complexity index is 373. The molecule has 0 spiro atoms. The molecule has 0 atom stereocenters. The number of hydrogen-bond donors (Lipinski definition) is 1. The van der Waals surface area contributed by atoms with E-state index in [1.165, 1.54) is 6.26 Å². The Balaban J connectivity index is 3.29. The molecule has 0 fully saturated rings. The number of halogens is 4. The highest BCUT2D eigenvalue weighted by Crippen LogP contribution is 2.35. The van der Waals surface area contributed by atoms with Gasteiger partial charge in [0.1, 0.15) is 4.90 Å². The molecule has 9 heteroatoms. The van der Waals surface area contributed by atoms with E-state index in [9.17, 15) is 17.6 Å². The number of thioether (sulfide) groups is 1. The summed E-state index contributed by atoms with van der Waals surface area (Å²) in [6.45, 7) is 0. The SMILES string of the molecule is CSc1c(F)c(F)c(SOOO)c(F)c1F. The van der Waals surface area contributed by atoms with Gasteiger partial charge in [0.25, 0.3) is 0 Å². The van der Waals surface area contributed by atoms with E-state index in [2.05, 4.69) is 9.37 Å². The first-order valence-electron chi connectivity index (χ1n) is 3.59. The largest absolute Gasteiger partial charge is 0.220 e. The second-order valence-electron chi connectivity index (χ2n) is 2.34. The van der Waals surface area contributed by atoms with E-state index in [1.807, 2.05) is 0 Å². The third kappa shape index (κ3) is 2.43. The molecule has 0 aliphatic carbocycles. The normalized spacial score (nSPS) is 10.9. The standard InChI is InChI=1S/C7H4F4O3S2/c1-15-6-2(8)4(10)7(16-14-13-12)5(11)3(6)9/h12H,1H3. The van der Waals surface area contributed by atoms with E-state index < -0.39 is 33.1 Å². The van der Waals surface area contributed by atoms with E-state index in [4.69, 9.17) is 5.26 Å². The maximum atomic E-state index is 13.2. The minimum Gasteiger partial charge on any atom is -0.220 e. The smallest absolute Gasteiger partial charge is 0.179 e. The van der Waals surface area contributed by atoms with Crippen molar-refractivity contribution < 1.29 is 32.2 Å². The molecule has 16 heavy (non-hydrogen) atoms. The van der Waals surface area contributed by atoms with Crippen molar-refractivity contribution in [1.82, 2.24) is 0 Å². The van der Waals surface area contributed by atoms with E-state index in [0.717, 1.165) is 0 Å². The molecular weight excluding hydrogens is 272 g/mol. The average molecular weight is 276 g/mol. The van der Waals surface area contributed by atoms with Crippen LogP contribution in [0, 0.1) is 23.3 Å². The van der Waals surface area contributed by atoms with Crippen LogP contribution in [0.5, 0.6) is 0 Å². The highest BCUT2D eigenvalue weighted by atomic mass is 32.2. The predicted molar refractivity (Wildman–Crippen MR) is 48.7 cm³/mol. The first-order chi connectivity index (χ1) is 7.54. The quantitative estimate of drug-likeness (QED) is 0.228. The van der Waals surface area contributed by atoms with Crippen LogP contribution < -0.4 is 0 Å². The maximum absolute atomic E-state index is 13.2. The molecule has 1 aromatic rings. The monoisotopic (exact) mass is 276 g/mol. The van der Waals surface area contributed by atoms with Gasteiger partial charge in [0, 0.05) is 0 Å². The van der Waals surface area contributed by atoms with E-state index >= 15 is 0 Å². The molecule has 90 valence electrons. The molecule has 1 N–H and O–H groups in total. The van der Waals surface area contributed by atoms with Crippen molar-refractivity contribution in [3.05, 3.63) is 23.3 Å². The van der Waals surface area contributed by atoms with Crippen LogP contribution in [0.4, 0.5) is 17.6 Å². The molecule has 0 saturated heterocycles. The second-order valence-corrected chi connectivity index (χ2v) is 3.87. The van der Waals surface area contributed by atoms with Crippen LogP contribution in [0.2, 0.25) is 0 Å². The van der Waals surface area contributed by atoms with Crippen LogP contribution >= 0.6 is 23.8 Å². The van der Waals surface area contributed by atoms with Gasteiger partial charge in [-0.05, 0) is 6.26 Å². The fraction of sp³-hybridized carbons (Fsp3) is 0.143. The third-order valence-electron chi connectivity index (χ3n) is 1.53. The average Bonchev–Trinajstić information content (AvgIpc) is 2.27. The van der Waals surface area contributed by atoms with Crippen molar-refractivity contribution >= 4 is 23.8 Å². The zero-order valence-electron chi connectivity index (χ0n) is 7.59. The van der Waals surface area contributed by atoms with Gasteiger partial charge in [-0.25, -0.2) is 22.8 Å². The number of benzene rings is 1. The minimum absolute atomic E-state index is 0.190. The zero-order chi connectivity index (χ0) is 12.3. The van der Waals surface area contributed by atoms with Crippen LogP contribution in [0.1, 0.15) is 0 Å². The van der Waals surface area contributed by atoms with Crippen LogP contribution in [-0.2, 0) is 9.37 Å². The summed E-state index contributed by atoms with van der Waals surface area (Å²) >= 11 is 0.332. The molecule has 3 nitrogen and oxygen atoms in total. The van der Waals surface area contributed by atoms with Crippen LogP contribution in [0.25, 0.3) is 0 Å². The molecule has 0 amide bonds. The van der Waals surface area contributed by atoms with Gasteiger partial charge in [0.2, 0.25) is 0 Å². The summed E-state index contributed by atoms with van der Waals surface area (Å²) in [6.07, 6.45) is 1.26. The molecule has 1 rings (SSSR count). The van der Waals surface area contributed by atoms with Gasteiger partial charge in [0.05, 0.1) is 16.9 Å². The lowest BCUT2D eigenvalue weighted by molar-refractivity contribution is -0.432. The van der Waals surface area contributed by atoms with Gasteiger partial charge < -0.3 is 0 Å². The number of hydrogen-bond acceptors (Lipinski definition) is 5. The van der Waals surface area contributed by atoms with Gasteiger partial charge in [0.15, 0.2) is 23.3 Å². The van der Waals surface area contributed by atoms with E-state index in [1.54, 1.807) is 0 Å². The van der Waals surface area contributed by atoms with Crippen molar-refractivity contribution in [2.75, 3.05) is 6.26 Å². The molecule has 0 heterocycles. The first-order valence-corrected chi connectivity index (χ1v) is 5.55. The van der Waals surface area contributed by atoms with Gasteiger partial charge in [-0.2, -0.15) is 0 Å². The van der Waals surface area contributed by atoms with E-state index in [-0.39, 0.29) is 12.0 Å². The zero-order valence-corrected chi connectivity index (χ0v) is 9.23. The molecule has 0 radical (unpaired) electrons. The lowest BCUT2D eigenvalue weighted by atomic mass is 10.3. The van der Waals surface area contributed by atoms with Crippen molar-refractivity contribution in [2.24, 2.45) is 0 Å². The summed E-state index contributed by atoms with van der Waals surface area (Å²) in [7, 11) is 0. The van der Waals surface area contributed by atoms with Gasteiger partial charge >= 0.3 is 0 Å². The second kappa shape index (κ2) is 5.73. The molecule has 0 bridgehead atoms. The Kier molecular flexibility index (Phi) is 4.87. The molecule has 1 aromatic carbocycles. The van der Waals surface area contributed by atoms with Crippen LogP contribution in [0.15, 0.2) is 9.79 Å². The molecule has 0 saturated carbocycles. The summed E-state index contributed by atoms with van der Waals surface area (Å²) < 4.78 is 56.4. The summed E-state index contributed by atoms with van der Waals surface area (Å²) in [5, 5.41) is 10.8. The Labute approximate surface area is 95.8 Å². The molecule has 0 aromatic heterocycles. The lowest BCUT2D eigenvalue weighted by Gasteiger charge is -2.08.